The van der Waals surface area contributed by atoms with Crippen molar-refractivity contribution >= 4 is 16.9 Å². The lowest BCUT2D eigenvalue weighted by Gasteiger charge is -2.37. The first-order chi connectivity index (χ1) is 19.8. The summed E-state index contributed by atoms with van der Waals surface area (Å²) in [5.41, 5.74) is 1.75. The van der Waals surface area contributed by atoms with Crippen molar-refractivity contribution in [2.45, 2.75) is 94.2 Å². The molecule has 0 radical (unpaired) electrons. The van der Waals surface area contributed by atoms with E-state index >= 15 is 0 Å². The van der Waals surface area contributed by atoms with Crippen molar-refractivity contribution in [2.75, 3.05) is 26.8 Å². The van der Waals surface area contributed by atoms with Gasteiger partial charge in [-0.15, -0.1) is 0 Å². The maximum atomic E-state index is 13.8. The predicted molar refractivity (Wildman–Crippen MR) is 149 cm³/mol. The summed E-state index contributed by atoms with van der Waals surface area (Å²) in [6, 6.07) is 0.257. The molecule has 3 aromatic heterocycles. The van der Waals surface area contributed by atoms with Crippen LogP contribution in [0.2, 0.25) is 0 Å². The van der Waals surface area contributed by atoms with Crippen LogP contribution in [0.3, 0.4) is 0 Å². The molecule has 2 aliphatic heterocycles. The number of likely N-dealkylation sites (tertiary alicyclic amines) is 1. The normalized spacial score (nSPS) is 32.0. The van der Waals surface area contributed by atoms with Crippen LogP contribution in [0.4, 0.5) is 0 Å². The van der Waals surface area contributed by atoms with Crippen LogP contribution in [0.15, 0.2) is 9.32 Å². The number of Topliss-reactive ketones (excluding diaryl/α,β-unsaturated/α-hetero) is 1. The summed E-state index contributed by atoms with van der Waals surface area (Å²) in [5, 5.41) is 4.53. The highest BCUT2D eigenvalue weighted by Gasteiger charge is 2.62. The van der Waals surface area contributed by atoms with Crippen LogP contribution in [0.5, 0.6) is 5.88 Å². The first kappa shape index (κ1) is 25.6. The number of rotatable bonds is 5. The Kier molecular flexibility index (Phi) is 5.61. The minimum atomic E-state index is -0.561. The lowest BCUT2D eigenvalue weighted by molar-refractivity contribution is -0.127. The third-order valence-electron chi connectivity index (χ3n) is 10.9. The van der Waals surface area contributed by atoms with E-state index in [1.165, 1.54) is 0 Å². The van der Waals surface area contributed by atoms with Crippen LogP contribution in [0.1, 0.15) is 76.0 Å². The van der Waals surface area contributed by atoms with Crippen LogP contribution >= 0.6 is 0 Å². The number of aryl methyl sites for hydroxylation is 1. The van der Waals surface area contributed by atoms with Gasteiger partial charge in [0.1, 0.15) is 17.6 Å². The standard InChI is InChI=1S/C30H38N6O5/c1-17(20-9-7-13-34(20)2)40-27-22-26(36(28(38)35(22)3)30-14-18(30)15-39-16-30)31-25(32-27)23-19-8-6-12-29(24(19)33-41-23)11-5-4-10-21(29)37/h17-18,20H,4-16H2,1-3H3/t17-,18-,20-,29+,30-/m0/s1. The fourth-order valence-electron chi connectivity index (χ4n) is 8.44. The van der Waals surface area contributed by atoms with E-state index in [1.54, 1.807) is 11.6 Å². The Hall–Kier alpha value is -3.05. The summed E-state index contributed by atoms with van der Waals surface area (Å²) >= 11 is 0. The van der Waals surface area contributed by atoms with Gasteiger partial charge in [-0.05, 0) is 71.9 Å². The second kappa shape index (κ2) is 8.97. The SMILES string of the molecule is C[C@H](Oc1nc(-c2onc3c2CCC[C@@]32CCCCC2=O)nc2c1n(C)c(=O)n2[C@@]12COC[C@@H]1C2)[C@@H]1CCCN1C. The Morgan fingerprint density at radius 1 is 1.07 bits per heavy atom. The summed E-state index contributed by atoms with van der Waals surface area (Å²) in [7, 11) is 3.89. The number of nitrogens with zero attached hydrogens (tertiary/aromatic N) is 6. The molecule has 2 saturated carbocycles. The molecule has 0 unspecified atom stereocenters. The summed E-state index contributed by atoms with van der Waals surface area (Å²) < 4.78 is 21.9. The van der Waals surface area contributed by atoms with E-state index in [2.05, 4.69) is 24.0 Å². The number of ketones is 1. The first-order valence-electron chi connectivity index (χ1n) is 15.3. The number of hydrogen-bond donors (Lipinski definition) is 0. The summed E-state index contributed by atoms with van der Waals surface area (Å²) in [5.74, 6) is 1.81. The Bertz CT molecular complexity index is 1620. The fraction of sp³-hybridized carbons (Fsp3) is 0.700. The Labute approximate surface area is 238 Å². The highest BCUT2D eigenvalue weighted by atomic mass is 16.5. The molecule has 3 aromatic rings. The number of ether oxygens (including phenoxy) is 2. The minimum absolute atomic E-state index is 0.138. The van der Waals surface area contributed by atoms with Gasteiger partial charge in [0, 0.05) is 31.0 Å². The molecule has 4 fully saturated rings. The molecule has 5 aliphatic rings. The van der Waals surface area contributed by atoms with Crippen molar-refractivity contribution in [3.05, 3.63) is 21.7 Å². The van der Waals surface area contributed by atoms with Crippen molar-refractivity contribution in [1.82, 2.24) is 29.2 Å². The number of fused-ring (bicyclic) bond motifs is 4. The van der Waals surface area contributed by atoms with Crippen LogP contribution in [0.25, 0.3) is 22.7 Å². The fourth-order valence-corrected chi connectivity index (χ4v) is 8.44. The molecule has 8 rings (SSSR count). The van der Waals surface area contributed by atoms with Crippen molar-refractivity contribution < 1.29 is 18.8 Å². The van der Waals surface area contributed by atoms with Gasteiger partial charge in [-0.3, -0.25) is 18.8 Å². The Morgan fingerprint density at radius 3 is 2.66 bits per heavy atom. The van der Waals surface area contributed by atoms with E-state index in [-0.39, 0.29) is 29.2 Å². The molecule has 3 aliphatic carbocycles. The summed E-state index contributed by atoms with van der Waals surface area (Å²) in [6.45, 7) is 4.26. The second-order valence-electron chi connectivity index (χ2n) is 13.1. The third-order valence-corrected chi connectivity index (χ3v) is 10.9. The van der Waals surface area contributed by atoms with Crippen LogP contribution < -0.4 is 10.4 Å². The average Bonchev–Trinajstić information content (AvgIpc) is 3.41. The average molecular weight is 563 g/mol. The molecular weight excluding hydrogens is 524 g/mol. The predicted octanol–water partition coefficient (Wildman–Crippen LogP) is 3.11. The zero-order valence-corrected chi connectivity index (χ0v) is 24.1. The van der Waals surface area contributed by atoms with Crippen molar-refractivity contribution in [3.63, 3.8) is 0 Å². The maximum absolute atomic E-state index is 13.8. The smallest absolute Gasteiger partial charge is 0.330 e. The number of carbonyl (C=O) groups excluding carboxylic acids is 1. The number of carbonyl (C=O) groups is 1. The zero-order chi connectivity index (χ0) is 28.1. The summed E-state index contributed by atoms with van der Waals surface area (Å²) in [6.07, 6.45) is 8.75. The Morgan fingerprint density at radius 2 is 1.93 bits per heavy atom. The van der Waals surface area contributed by atoms with Crippen LogP contribution in [-0.2, 0) is 34.0 Å². The van der Waals surface area contributed by atoms with Gasteiger partial charge < -0.3 is 14.0 Å². The molecule has 1 spiro atoms. The number of hydrogen-bond acceptors (Lipinski definition) is 9. The lowest BCUT2D eigenvalue weighted by Crippen LogP contribution is -2.41. The monoisotopic (exact) mass is 562 g/mol. The largest absolute Gasteiger partial charge is 0.471 e. The molecule has 2 saturated heterocycles. The van der Waals surface area contributed by atoms with Gasteiger partial charge >= 0.3 is 5.69 Å². The number of imidazole rings is 1. The van der Waals surface area contributed by atoms with Gasteiger partial charge in [-0.2, -0.15) is 4.98 Å². The van der Waals surface area contributed by atoms with E-state index in [9.17, 15) is 9.59 Å². The molecule has 11 heteroatoms. The molecule has 5 atom stereocenters. The lowest BCUT2D eigenvalue weighted by atomic mass is 9.64. The maximum Gasteiger partial charge on any atom is 0.330 e. The third kappa shape index (κ3) is 3.54. The molecular formula is C30H38N6O5. The van der Waals surface area contributed by atoms with Crippen molar-refractivity contribution in [3.8, 4) is 17.5 Å². The first-order valence-corrected chi connectivity index (χ1v) is 15.3. The number of likely N-dealkylation sites (N-methyl/N-ethyl adjacent to an activating group) is 1. The van der Waals surface area contributed by atoms with Crippen LogP contribution in [-0.4, -0.2) is 73.9 Å². The van der Waals surface area contributed by atoms with Crippen LogP contribution in [0, 0.1) is 5.92 Å². The van der Waals surface area contributed by atoms with Crippen molar-refractivity contribution in [1.29, 1.82) is 0 Å². The second-order valence-corrected chi connectivity index (χ2v) is 13.1. The molecule has 11 nitrogen and oxygen atoms in total. The van der Waals surface area contributed by atoms with Gasteiger partial charge in [-0.25, -0.2) is 9.78 Å². The van der Waals surface area contributed by atoms with Gasteiger partial charge in [-0.1, -0.05) is 11.6 Å². The quantitative estimate of drug-likeness (QED) is 0.462. The van der Waals surface area contributed by atoms with Gasteiger partial charge in [0.2, 0.25) is 17.5 Å². The highest BCUT2D eigenvalue weighted by molar-refractivity contribution is 5.91. The van der Waals surface area contributed by atoms with E-state index < -0.39 is 5.41 Å². The highest BCUT2D eigenvalue weighted by Crippen LogP contribution is 2.55. The topological polar surface area (TPSA) is 118 Å². The molecule has 41 heavy (non-hydrogen) atoms. The van der Waals surface area contributed by atoms with Gasteiger partial charge in [0.05, 0.1) is 24.2 Å². The van der Waals surface area contributed by atoms with E-state index in [0.29, 0.717) is 54.2 Å². The zero-order valence-electron chi connectivity index (χ0n) is 24.1. The minimum Gasteiger partial charge on any atom is -0.471 e. The molecule has 0 N–H and O–H groups in total. The van der Waals surface area contributed by atoms with Gasteiger partial charge in [0.25, 0.3) is 0 Å². The number of aromatic nitrogens is 5. The molecule has 0 aromatic carbocycles. The molecule has 0 amide bonds. The molecule has 0 bridgehead atoms. The van der Waals surface area contributed by atoms with Gasteiger partial charge in [0.15, 0.2) is 11.2 Å². The van der Waals surface area contributed by atoms with E-state index in [4.69, 9.17) is 24.0 Å². The van der Waals surface area contributed by atoms with E-state index in [1.807, 2.05) is 4.57 Å². The summed E-state index contributed by atoms with van der Waals surface area (Å²) in [4.78, 5) is 39.3. The molecule has 5 heterocycles. The van der Waals surface area contributed by atoms with E-state index in [0.717, 1.165) is 75.6 Å². The van der Waals surface area contributed by atoms with Crippen molar-refractivity contribution in [2.24, 2.45) is 13.0 Å². The molecule has 218 valence electrons. The Balaban J connectivity index is 1.30.